The topological polar surface area (TPSA) is 69.1 Å². The second kappa shape index (κ2) is 6.15. The van der Waals surface area contributed by atoms with Gasteiger partial charge in [0.2, 0.25) is 0 Å². The van der Waals surface area contributed by atoms with E-state index in [0.717, 1.165) is 11.6 Å². The first-order valence-electron chi connectivity index (χ1n) is 5.74. The minimum Gasteiger partial charge on any atom is -0.398 e. The van der Waals surface area contributed by atoms with E-state index in [1.807, 2.05) is 18.2 Å². The van der Waals surface area contributed by atoms with Crippen molar-refractivity contribution >= 4 is 35.0 Å². The van der Waals surface area contributed by atoms with Crippen LogP contribution in [0, 0.1) is 5.82 Å². The van der Waals surface area contributed by atoms with Crippen molar-refractivity contribution in [1.29, 1.82) is 0 Å². The Kier molecular flexibility index (Phi) is 4.52. The summed E-state index contributed by atoms with van der Waals surface area (Å²) in [6.45, 7) is 0. The number of carbonyl (C=O) groups excluding carboxylic acids is 1. The van der Waals surface area contributed by atoms with Crippen molar-refractivity contribution in [3.63, 3.8) is 0 Å². The largest absolute Gasteiger partial charge is 0.398 e. The van der Waals surface area contributed by atoms with Gasteiger partial charge in [-0.3, -0.25) is 4.79 Å². The Morgan fingerprint density at radius 3 is 2.65 bits per heavy atom. The number of carbonyl (C=O) groups is 1. The average molecular weight is 311 g/mol. The highest BCUT2D eigenvalue weighted by atomic mass is 35.5. The highest BCUT2D eigenvalue weighted by Gasteiger charge is 2.12. The summed E-state index contributed by atoms with van der Waals surface area (Å²) in [7, 11) is 0. The summed E-state index contributed by atoms with van der Waals surface area (Å²) in [5, 5.41) is 0.617. The minimum absolute atomic E-state index is 0.0390. The molecule has 6 heteroatoms. The first-order chi connectivity index (χ1) is 9.49. The maximum atomic E-state index is 13.8. The smallest absolute Gasteiger partial charge is 0.250 e. The van der Waals surface area contributed by atoms with Crippen LogP contribution in [0.3, 0.4) is 0 Å². The molecule has 0 saturated carbocycles. The van der Waals surface area contributed by atoms with Crippen molar-refractivity contribution in [3.05, 3.63) is 58.4 Å². The van der Waals surface area contributed by atoms with Gasteiger partial charge in [-0.1, -0.05) is 29.8 Å². The number of primary amides is 1. The Bertz CT molecular complexity index is 664. The lowest BCUT2D eigenvalue weighted by Crippen LogP contribution is -2.14. The lowest BCUT2D eigenvalue weighted by atomic mass is 10.1. The van der Waals surface area contributed by atoms with Crippen LogP contribution in [0.25, 0.3) is 0 Å². The molecule has 2 aromatic rings. The molecule has 0 atom stereocenters. The molecule has 1 amide bonds. The molecule has 0 spiro atoms. The van der Waals surface area contributed by atoms with Crippen molar-refractivity contribution < 1.29 is 9.18 Å². The molecule has 0 bridgehead atoms. The Morgan fingerprint density at radius 2 is 2.00 bits per heavy atom. The average Bonchev–Trinajstić information content (AvgIpc) is 2.39. The fourth-order valence-electron chi connectivity index (χ4n) is 1.66. The van der Waals surface area contributed by atoms with Crippen molar-refractivity contribution in [1.82, 2.24) is 0 Å². The van der Waals surface area contributed by atoms with Crippen molar-refractivity contribution in [2.24, 2.45) is 5.73 Å². The third-order valence-corrected chi connectivity index (χ3v) is 4.16. The third-order valence-electron chi connectivity index (χ3n) is 2.71. The predicted octanol–water partition coefficient (Wildman–Crippen LogP) is 3.45. The number of nitrogen functional groups attached to an aromatic ring is 1. The molecule has 2 rings (SSSR count). The molecule has 20 heavy (non-hydrogen) atoms. The van der Waals surface area contributed by atoms with Gasteiger partial charge in [-0.25, -0.2) is 4.39 Å². The van der Waals surface area contributed by atoms with Crippen LogP contribution in [0.1, 0.15) is 15.9 Å². The van der Waals surface area contributed by atoms with E-state index in [4.69, 9.17) is 23.1 Å². The molecule has 2 aromatic carbocycles. The molecule has 0 fully saturated rings. The molecule has 0 saturated heterocycles. The number of thioether (sulfide) groups is 1. The molecule has 0 radical (unpaired) electrons. The Morgan fingerprint density at radius 1 is 1.30 bits per heavy atom. The molecule has 3 nitrogen and oxygen atoms in total. The van der Waals surface area contributed by atoms with Gasteiger partial charge in [-0.2, -0.15) is 0 Å². The molecule has 0 heterocycles. The number of benzene rings is 2. The second-order valence-electron chi connectivity index (χ2n) is 4.11. The lowest BCUT2D eigenvalue weighted by Gasteiger charge is -2.08. The summed E-state index contributed by atoms with van der Waals surface area (Å²) in [6, 6.07) is 9.79. The van der Waals surface area contributed by atoms with Crippen LogP contribution in [0.4, 0.5) is 10.1 Å². The van der Waals surface area contributed by atoms with E-state index in [2.05, 4.69) is 0 Å². The van der Waals surface area contributed by atoms with Crippen molar-refractivity contribution in [2.75, 3.05) is 5.73 Å². The van der Waals surface area contributed by atoms with E-state index in [-0.39, 0.29) is 11.3 Å². The second-order valence-corrected chi connectivity index (χ2v) is 5.54. The quantitative estimate of drug-likeness (QED) is 0.671. The molecular formula is C14H12ClFN2OS. The number of hydrogen-bond acceptors (Lipinski definition) is 3. The predicted molar refractivity (Wildman–Crippen MR) is 80.3 cm³/mol. The zero-order valence-corrected chi connectivity index (χ0v) is 12.0. The summed E-state index contributed by atoms with van der Waals surface area (Å²) in [4.78, 5) is 11.5. The van der Waals surface area contributed by atoms with E-state index in [1.165, 1.54) is 17.8 Å². The molecule has 0 aliphatic carbocycles. The standard InChI is InChI=1S/C14H12ClFN2OS/c15-10-4-2-1-3-8(10)7-20-13-5-9(14(18)19)12(17)6-11(13)16/h1-6H,7,17H2,(H2,18,19). The van der Waals surface area contributed by atoms with Crippen molar-refractivity contribution in [3.8, 4) is 0 Å². The normalized spacial score (nSPS) is 10.5. The maximum absolute atomic E-state index is 13.8. The van der Waals surface area contributed by atoms with E-state index in [1.54, 1.807) is 6.07 Å². The Balaban J connectivity index is 2.24. The number of amides is 1. The summed E-state index contributed by atoms with van der Waals surface area (Å²) in [6.07, 6.45) is 0. The lowest BCUT2D eigenvalue weighted by molar-refractivity contribution is 0.100. The van der Waals surface area contributed by atoms with Gasteiger partial charge in [0.25, 0.3) is 5.91 Å². The van der Waals surface area contributed by atoms with Gasteiger partial charge in [0.1, 0.15) is 5.82 Å². The highest BCUT2D eigenvalue weighted by Crippen LogP contribution is 2.30. The van der Waals surface area contributed by atoms with Crippen LogP contribution in [-0.4, -0.2) is 5.91 Å². The number of hydrogen-bond donors (Lipinski definition) is 2. The fourth-order valence-corrected chi connectivity index (χ4v) is 2.91. The molecule has 0 aromatic heterocycles. The summed E-state index contributed by atoms with van der Waals surface area (Å²) in [5.74, 6) is -0.676. The summed E-state index contributed by atoms with van der Waals surface area (Å²) in [5.41, 5.74) is 11.8. The van der Waals surface area contributed by atoms with Gasteiger partial charge in [0, 0.05) is 21.4 Å². The van der Waals surface area contributed by atoms with Crippen molar-refractivity contribution in [2.45, 2.75) is 10.6 Å². The molecule has 4 N–H and O–H groups in total. The van der Waals surface area contributed by atoms with Crippen LogP contribution >= 0.6 is 23.4 Å². The van der Waals surface area contributed by atoms with Gasteiger partial charge < -0.3 is 11.5 Å². The van der Waals surface area contributed by atoms with E-state index >= 15 is 0 Å². The number of anilines is 1. The summed E-state index contributed by atoms with van der Waals surface area (Å²) >= 11 is 7.27. The molecule has 0 unspecified atom stereocenters. The fraction of sp³-hybridized carbons (Fsp3) is 0.0714. The van der Waals surface area contributed by atoms with Gasteiger partial charge in [-0.05, 0) is 23.8 Å². The van der Waals surface area contributed by atoms with Gasteiger partial charge in [0.05, 0.1) is 5.56 Å². The SMILES string of the molecule is NC(=O)c1cc(SCc2ccccc2Cl)c(F)cc1N. The van der Waals surface area contributed by atoms with Gasteiger partial charge >= 0.3 is 0 Å². The van der Waals surface area contributed by atoms with Gasteiger partial charge in [-0.15, -0.1) is 11.8 Å². The molecule has 0 aliphatic heterocycles. The summed E-state index contributed by atoms with van der Waals surface area (Å²) < 4.78 is 13.8. The van der Waals surface area contributed by atoms with E-state index in [9.17, 15) is 9.18 Å². The number of rotatable bonds is 4. The van der Waals surface area contributed by atoms with Crippen LogP contribution in [0.15, 0.2) is 41.3 Å². The van der Waals surface area contributed by atoms with Gasteiger partial charge in [0.15, 0.2) is 0 Å². The zero-order valence-electron chi connectivity index (χ0n) is 10.4. The first-order valence-corrected chi connectivity index (χ1v) is 7.10. The Hall–Kier alpha value is -1.72. The highest BCUT2D eigenvalue weighted by molar-refractivity contribution is 7.98. The van der Waals surface area contributed by atoms with Crippen LogP contribution in [0.2, 0.25) is 5.02 Å². The van der Waals surface area contributed by atoms with Crippen LogP contribution in [0.5, 0.6) is 0 Å². The minimum atomic E-state index is -0.679. The van der Waals surface area contributed by atoms with E-state index in [0.29, 0.717) is 15.7 Å². The molecular weight excluding hydrogens is 299 g/mol. The maximum Gasteiger partial charge on any atom is 0.250 e. The monoisotopic (exact) mass is 310 g/mol. The zero-order chi connectivity index (χ0) is 14.7. The molecule has 0 aliphatic rings. The molecule has 104 valence electrons. The third kappa shape index (κ3) is 3.23. The van der Waals surface area contributed by atoms with Crippen LogP contribution < -0.4 is 11.5 Å². The number of nitrogens with two attached hydrogens (primary N) is 2. The number of halogens is 2. The van der Waals surface area contributed by atoms with E-state index < -0.39 is 11.7 Å². The first kappa shape index (κ1) is 14.7. The Labute approximate surface area is 125 Å². The van der Waals surface area contributed by atoms with Crippen LogP contribution in [-0.2, 0) is 5.75 Å².